The van der Waals surface area contributed by atoms with Crippen LogP contribution in [0.4, 0.5) is 19.3 Å². The normalized spacial score (nSPS) is 19.0. The molecule has 2 fully saturated rings. The number of urea groups is 1. The van der Waals surface area contributed by atoms with Crippen LogP contribution in [0.3, 0.4) is 0 Å². The Kier molecular flexibility index (Phi) is 5.52. The summed E-state index contributed by atoms with van der Waals surface area (Å²) in [6, 6.07) is 8.46. The van der Waals surface area contributed by atoms with Crippen LogP contribution in [-0.4, -0.2) is 65.5 Å². The highest BCUT2D eigenvalue weighted by Crippen LogP contribution is 2.23. The van der Waals surface area contributed by atoms with Crippen LogP contribution in [0.1, 0.15) is 12.1 Å². The van der Waals surface area contributed by atoms with Gasteiger partial charge < -0.3 is 14.5 Å². The minimum atomic E-state index is -1.01. The van der Waals surface area contributed by atoms with Crippen LogP contribution in [0, 0.1) is 18.6 Å². The minimum Gasteiger partial charge on any atom is -0.472 e. The third kappa shape index (κ3) is 4.19. The van der Waals surface area contributed by atoms with E-state index in [1.165, 1.54) is 15.9 Å². The maximum atomic E-state index is 13.5. The number of halogens is 2. The molecule has 7 nitrogen and oxygen atoms in total. The predicted molar refractivity (Wildman–Crippen MR) is 105 cm³/mol. The van der Waals surface area contributed by atoms with Crippen molar-refractivity contribution in [3.05, 3.63) is 53.7 Å². The Morgan fingerprint density at radius 3 is 2.77 bits per heavy atom. The molecule has 0 radical (unpaired) electrons. The molecule has 2 aliphatic heterocycles. The molecule has 30 heavy (non-hydrogen) atoms. The van der Waals surface area contributed by atoms with Crippen LogP contribution < -0.4 is 9.64 Å². The number of anilines is 1. The number of benzene rings is 1. The molecule has 1 aromatic heterocycles. The summed E-state index contributed by atoms with van der Waals surface area (Å²) in [5, 5.41) is 0. The fourth-order valence-corrected chi connectivity index (χ4v) is 3.69. The van der Waals surface area contributed by atoms with Crippen molar-refractivity contribution in [3.8, 4) is 5.88 Å². The molecule has 0 aliphatic carbocycles. The van der Waals surface area contributed by atoms with Crippen LogP contribution in [0.25, 0.3) is 0 Å². The monoisotopic (exact) mass is 416 g/mol. The molecule has 9 heteroatoms. The number of rotatable bonds is 5. The van der Waals surface area contributed by atoms with Crippen LogP contribution in [0.5, 0.6) is 5.88 Å². The zero-order chi connectivity index (χ0) is 21.3. The molecular weight excluding hydrogens is 394 g/mol. The van der Waals surface area contributed by atoms with Gasteiger partial charge in [0.2, 0.25) is 11.8 Å². The standard InChI is InChI=1S/C21H22F2N4O3/c1-14-3-2-4-19(24-14)30-16-7-8-25(12-16)20(28)13-26-9-10-27(21(26)29)15-5-6-17(22)18(23)11-15/h2-6,11,16H,7-10,12-13H2,1H3. The Balaban J connectivity index is 1.32. The van der Waals surface area contributed by atoms with Gasteiger partial charge in [0, 0.05) is 49.6 Å². The van der Waals surface area contributed by atoms with E-state index in [0.29, 0.717) is 38.5 Å². The second kappa shape index (κ2) is 8.25. The van der Waals surface area contributed by atoms with Crippen LogP contribution in [0.15, 0.2) is 36.4 Å². The Hall–Kier alpha value is -3.23. The first-order chi connectivity index (χ1) is 14.4. The van der Waals surface area contributed by atoms with Crippen LogP contribution >= 0.6 is 0 Å². The summed E-state index contributed by atoms with van der Waals surface area (Å²) in [6.45, 7) is 3.45. The van der Waals surface area contributed by atoms with Crippen molar-refractivity contribution in [1.82, 2.24) is 14.8 Å². The smallest absolute Gasteiger partial charge is 0.325 e. The second-order valence-corrected chi connectivity index (χ2v) is 7.44. The third-order valence-electron chi connectivity index (χ3n) is 5.28. The molecule has 3 heterocycles. The summed E-state index contributed by atoms with van der Waals surface area (Å²) in [7, 11) is 0. The minimum absolute atomic E-state index is 0.0611. The molecule has 2 aliphatic rings. The summed E-state index contributed by atoms with van der Waals surface area (Å²) < 4.78 is 32.5. The number of hydrogen-bond acceptors (Lipinski definition) is 4. The highest BCUT2D eigenvalue weighted by atomic mass is 19.2. The lowest BCUT2D eigenvalue weighted by Crippen LogP contribution is -2.42. The SMILES string of the molecule is Cc1cccc(OC2CCN(C(=O)CN3CCN(c4ccc(F)c(F)c4)C3=O)C2)n1. The average Bonchev–Trinajstić information content (AvgIpc) is 3.31. The molecule has 1 aromatic carbocycles. The zero-order valence-corrected chi connectivity index (χ0v) is 16.6. The van der Waals surface area contributed by atoms with E-state index in [4.69, 9.17) is 4.74 Å². The molecule has 0 spiro atoms. The molecular formula is C21H22F2N4O3. The fourth-order valence-electron chi connectivity index (χ4n) is 3.69. The van der Waals surface area contributed by atoms with Crippen molar-refractivity contribution in [2.75, 3.05) is 37.6 Å². The van der Waals surface area contributed by atoms with Gasteiger partial charge in [-0.05, 0) is 25.1 Å². The van der Waals surface area contributed by atoms with Gasteiger partial charge in [0.15, 0.2) is 11.6 Å². The number of ether oxygens (including phenoxy) is 1. The molecule has 1 atom stereocenters. The number of hydrogen-bond donors (Lipinski definition) is 0. The summed E-state index contributed by atoms with van der Waals surface area (Å²) in [5.41, 5.74) is 1.13. The zero-order valence-electron chi connectivity index (χ0n) is 16.6. The molecule has 4 rings (SSSR count). The van der Waals surface area contributed by atoms with E-state index in [9.17, 15) is 18.4 Å². The average molecular weight is 416 g/mol. The highest BCUT2D eigenvalue weighted by molar-refractivity contribution is 5.96. The van der Waals surface area contributed by atoms with Crippen molar-refractivity contribution in [1.29, 1.82) is 0 Å². The molecule has 1 unspecified atom stereocenters. The van der Waals surface area contributed by atoms with E-state index in [0.717, 1.165) is 17.8 Å². The lowest BCUT2D eigenvalue weighted by molar-refractivity contribution is -0.130. The topological polar surface area (TPSA) is 66.0 Å². The predicted octanol–water partition coefficient (Wildman–Crippen LogP) is 2.59. The Morgan fingerprint density at radius 2 is 2.00 bits per heavy atom. The molecule has 0 bridgehead atoms. The third-order valence-corrected chi connectivity index (χ3v) is 5.28. The molecule has 2 saturated heterocycles. The molecule has 0 N–H and O–H groups in total. The van der Waals surface area contributed by atoms with Crippen molar-refractivity contribution >= 4 is 17.6 Å². The molecule has 0 saturated carbocycles. The number of aromatic nitrogens is 1. The Labute approximate surface area is 172 Å². The number of carbonyl (C=O) groups excluding carboxylic acids is 2. The maximum absolute atomic E-state index is 13.5. The van der Waals surface area contributed by atoms with E-state index in [1.54, 1.807) is 11.0 Å². The van der Waals surface area contributed by atoms with Crippen molar-refractivity contribution < 1.29 is 23.1 Å². The quantitative estimate of drug-likeness (QED) is 0.752. The number of pyridine rings is 1. The largest absolute Gasteiger partial charge is 0.472 e. The fraction of sp³-hybridized carbons (Fsp3) is 0.381. The molecule has 3 amide bonds. The van der Waals surface area contributed by atoms with E-state index < -0.39 is 17.7 Å². The summed E-state index contributed by atoms with van der Waals surface area (Å²) in [6.07, 6.45) is 0.548. The lowest BCUT2D eigenvalue weighted by Gasteiger charge is -2.22. The van der Waals surface area contributed by atoms with Gasteiger partial charge in [-0.1, -0.05) is 6.07 Å². The maximum Gasteiger partial charge on any atom is 0.325 e. The van der Waals surface area contributed by atoms with Gasteiger partial charge in [-0.25, -0.2) is 18.6 Å². The van der Waals surface area contributed by atoms with Gasteiger partial charge in [0.05, 0.1) is 6.54 Å². The molecule has 2 aromatic rings. The van der Waals surface area contributed by atoms with Gasteiger partial charge in [-0.15, -0.1) is 0 Å². The number of nitrogens with zero attached hydrogens (tertiary/aromatic N) is 4. The van der Waals surface area contributed by atoms with E-state index in [1.807, 2.05) is 19.1 Å². The van der Waals surface area contributed by atoms with Gasteiger partial charge in [0.1, 0.15) is 12.6 Å². The van der Waals surface area contributed by atoms with Crippen molar-refractivity contribution in [3.63, 3.8) is 0 Å². The summed E-state index contributed by atoms with van der Waals surface area (Å²) >= 11 is 0. The first kappa shape index (κ1) is 20.1. The Bertz CT molecular complexity index is 971. The second-order valence-electron chi connectivity index (χ2n) is 7.44. The number of likely N-dealkylation sites (tertiary alicyclic amines) is 1. The van der Waals surface area contributed by atoms with Gasteiger partial charge in [0.25, 0.3) is 0 Å². The van der Waals surface area contributed by atoms with E-state index in [-0.39, 0.29) is 24.2 Å². The Morgan fingerprint density at radius 1 is 1.17 bits per heavy atom. The first-order valence-electron chi connectivity index (χ1n) is 9.80. The van der Waals surface area contributed by atoms with Crippen molar-refractivity contribution in [2.24, 2.45) is 0 Å². The molecule has 158 valence electrons. The van der Waals surface area contributed by atoms with Gasteiger partial charge in [-0.2, -0.15) is 0 Å². The summed E-state index contributed by atoms with van der Waals surface area (Å²) in [5.74, 6) is -1.62. The van der Waals surface area contributed by atoms with Crippen LogP contribution in [-0.2, 0) is 4.79 Å². The number of aryl methyl sites for hydroxylation is 1. The van der Waals surface area contributed by atoms with Crippen LogP contribution in [0.2, 0.25) is 0 Å². The summed E-state index contributed by atoms with van der Waals surface area (Å²) in [4.78, 5) is 34.0. The first-order valence-corrected chi connectivity index (χ1v) is 9.80. The van der Waals surface area contributed by atoms with E-state index in [2.05, 4.69) is 4.98 Å². The number of carbonyl (C=O) groups is 2. The van der Waals surface area contributed by atoms with Crippen molar-refractivity contribution in [2.45, 2.75) is 19.4 Å². The lowest BCUT2D eigenvalue weighted by atomic mass is 10.3. The van der Waals surface area contributed by atoms with Gasteiger partial charge >= 0.3 is 6.03 Å². The highest BCUT2D eigenvalue weighted by Gasteiger charge is 2.34. The van der Waals surface area contributed by atoms with Gasteiger partial charge in [-0.3, -0.25) is 9.69 Å². The van der Waals surface area contributed by atoms with E-state index >= 15 is 0 Å². The number of amides is 3.